The molecule has 2 aromatic rings. The van der Waals surface area contributed by atoms with Crippen LogP contribution in [-0.4, -0.2) is 39.9 Å². The van der Waals surface area contributed by atoms with Gasteiger partial charge in [-0.15, -0.1) is 0 Å². The second-order valence-electron chi connectivity index (χ2n) is 7.30. The maximum absolute atomic E-state index is 13.2. The number of hydrogen-bond acceptors (Lipinski definition) is 4. The van der Waals surface area contributed by atoms with Gasteiger partial charge in [-0.25, -0.2) is 8.42 Å². The predicted octanol–water partition coefficient (Wildman–Crippen LogP) is 2.79. The van der Waals surface area contributed by atoms with Crippen molar-refractivity contribution < 1.29 is 18.0 Å². The van der Waals surface area contributed by atoms with E-state index in [-0.39, 0.29) is 28.8 Å². The molecule has 0 heterocycles. The van der Waals surface area contributed by atoms with Crippen LogP contribution in [0.1, 0.15) is 37.6 Å². The van der Waals surface area contributed by atoms with Gasteiger partial charge < -0.3 is 10.6 Å². The number of sulfonamides is 1. The van der Waals surface area contributed by atoms with Crippen molar-refractivity contribution in [3.8, 4) is 0 Å². The van der Waals surface area contributed by atoms with Crippen molar-refractivity contribution in [3.63, 3.8) is 0 Å². The fourth-order valence-electron chi connectivity index (χ4n) is 3.13. The van der Waals surface area contributed by atoms with E-state index in [9.17, 15) is 18.0 Å². The second kappa shape index (κ2) is 10.2. The molecule has 0 radical (unpaired) electrons. The van der Waals surface area contributed by atoms with Gasteiger partial charge in [0, 0.05) is 19.2 Å². The fraction of sp³-hybridized carbons (Fsp3) is 0.364. The number of likely N-dealkylation sites (N-methyl/N-ethyl adjacent to an activating group) is 1. The Hall–Kier alpha value is -2.87. The molecule has 0 saturated carbocycles. The van der Waals surface area contributed by atoms with E-state index >= 15 is 0 Å². The molecule has 2 N–H and O–H groups in total. The average Bonchev–Trinajstić information content (AvgIpc) is 2.73. The summed E-state index contributed by atoms with van der Waals surface area (Å²) in [6.45, 7) is 5.91. The number of carbonyl (C=O) groups excluding carboxylic acids is 2. The summed E-state index contributed by atoms with van der Waals surface area (Å²) in [6, 6.07) is 14.0. The van der Waals surface area contributed by atoms with Gasteiger partial charge in [0.25, 0.3) is 15.9 Å². The first-order chi connectivity index (χ1) is 14.2. The van der Waals surface area contributed by atoms with Gasteiger partial charge in [0.1, 0.15) is 6.04 Å². The molecule has 8 heteroatoms. The van der Waals surface area contributed by atoms with Gasteiger partial charge in [-0.3, -0.25) is 13.9 Å². The number of anilines is 1. The van der Waals surface area contributed by atoms with Gasteiger partial charge in [0.15, 0.2) is 0 Å². The van der Waals surface area contributed by atoms with E-state index in [1.165, 1.54) is 35.6 Å². The zero-order valence-electron chi connectivity index (χ0n) is 17.8. The Bertz CT molecular complexity index is 975. The lowest BCUT2D eigenvalue weighted by Gasteiger charge is -2.23. The summed E-state index contributed by atoms with van der Waals surface area (Å²) < 4.78 is 27.7. The summed E-state index contributed by atoms with van der Waals surface area (Å²) in [6.07, 6.45) is 0.473. The molecule has 30 heavy (non-hydrogen) atoms. The quantitative estimate of drug-likeness (QED) is 0.638. The average molecular weight is 432 g/mol. The molecule has 0 aromatic heterocycles. The highest BCUT2D eigenvalue weighted by atomic mass is 32.2. The van der Waals surface area contributed by atoms with E-state index in [1.807, 2.05) is 19.9 Å². The Kier molecular flexibility index (Phi) is 8.00. The third kappa shape index (κ3) is 5.60. The van der Waals surface area contributed by atoms with Gasteiger partial charge in [-0.1, -0.05) is 38.1 Å². The van der Waals surface area contributed by atoms with Crippen LogP contribution in [0.2, 0.25) is 0 Å². The Morgan fingerprint density at radius 3 is 2.27 bits per heavy atom. The fourth-order valence-corrected chi connectivity index (χ4v) is 4.65. The summed E-state index contributed by atoms with van der Waals surface area (Å²) in [7, 11) is -2.34. The molecule has 0 saturated heterocycles. The molecule has 0 aliphatic carbocycles. The van der Waals surface area contributed by atoms with Crippen LogP contribution in [0, 0.1) is 5.92 Å². The van der Waals surface area contributed by atoms with Crippen LogP contribution in [0.3, 0.4) is 0 Å². The molecule has 0 aliphatic heterocycles. The van der Waals surface area contributed by atoms with Crippen molar-refractivity contribution in [2.45, 2.75) is 38.1 Å². The van der Waals surface area contributed by atoms with Crippen LogP contribution in [0.15, 0.2) is 59.5 Å². The number of nitrogens with zero attached hydrogens (tertiary/aromatic N) is 1. The van der Waals surface area contributed by atoms with Crippen LogP contribution in [0.25, 0.3) is 0 Å². The van der Waals surface area contributed by atoms with Crippen molar-refractivity contribution in [1.29, 1.82) is 0 Å². The molecule has 0 spiro atoms. The molecule has 0 fully saturated rings. The minimum Gasteiger partial charge on any atom is -0.357 e. The van der Waals surface area contributed by atoms with Gasteiger partial charge in [-0.05, 0) is 49.6 Å². The number of hydrogen-bond donors (Lipinski definition) is 2. The van der Waals surface area contributed by atoms with Crippen molar-refractivity contribution >= 4 is 27.5 Å². The summed E-state index contributed by atoms with van der Waals surface area (Å²) in [4.78, 5) is 24.9. The number of rotatable bonds is 9. The Labute approximate surface area is 178 Å². The summed E-state index contributed by atoms with van der Waals surface area (Å²) >= 11 is 0. The Morgan fingerprint density at radius 2 is 1.70 bits per heavy atom. The third-order valence-corrected chi connectivity index (χ3v) is 6.49. The van der Waals surface area contributed by atoms with Gasteiger partial charge in [-0.2, -0.15) is 0 Å². The van der Waals surface area contributed by atoms with E-state index in [0.717, 1.165) is 0 Å². The Morgan fingerprint density at radius 1 is 1.03 bits per heavy atom. The number of para-hydroxylation sites is 1. The van der Waals surface area contributed by atoms with Crippen LogP contribution < -0.4 is 14.9 Å². The number of benzene rings is 2. The van der Waals surface area contributed by atoms with Crippen molar-refractivity contribution in [2.24, 2.45) is 5.92 Å². The first-order valence-electron chi connectivity index (χ1n) is 9.91. The van der Waals surface area contributed by atoms with Crippen molar-refractivity contribution in [2.75, 3.05) is 17.9 Å². The van der Waals surface area contributed by atoms with Gasteiger partial charge >= 0.3 is 0 Å². The standard InChI is InChI=1S/C22H29N3O4S/c1-5-25(18-11-7-6-8-12-18)30(28,29)19-13-9-10-17(15-19)21(26)24-20(14-16(2)3)22(27)23-4/h6-13,15-16,20H,5,14H2,1-4H3,(H,23,27)(H,24,26). The Balaban J connectivity index is 2.32. The SMILES string of the molecule is CCN(c1ccccc1)S(=O)(=O)c1cccc(C(=O)NC(CC(C)C)C(=O)NC)c1. The molecular formula is C22H29N3O4S. The molecule has 162 valence electrons. The van der Waals surface area contributed by atoms with Gasteiger partial charge in [0.05, 0.1) is 10.6 Å². The van der Waals surface area contributed by atoms with Crippen LogP contribution in [0.5, 0.6) is 0 Å². The molecule has 2 aromatic carbocycles. The smallest absolute Gasteiger partial charge is 0.264 e. The summed E-state index contributed by atoms with van der Waals surface area (Å²) in [5, 5.41) is 5.26. The highest BCUT2D eigenvalue weighted by Gasteiger charge is 2.26. The lowest BCUT2D eigenvalue weighted by molar-refractivity contribution is -0.122. The van der Waals surface area contributed by atoms with Gasteiger partial charge in [0.2, 0.25) is 5.91 Å². The first-order valence-corrected chi connectivity index (χ1v) is 11.3. The predicted molar refractivity (Wildman–Crippen MR) is 118 cm³/mol. The number of nitrogens with one attached hydrogen (secondary N) is 2. The molecule has 1 atom stereocenters. The van der Waals surface area contributed by atoms with Crippen LogP contribution in [-0.2, 0) is 14.8 Å². The third-order valence-electron chi connectivity index (χ3n) is 4.59. The molecule has 1 unspecified atom stereocenters. The van der Waals surface area contributed by atoms with E-state index in [4.69, 9.17) is 0 Å². The lowest BCUT2D eigenvalue weighted by Crippen LogP contribution is -2.46. The molecule has 0 aliphatic rings. The zero-order chi connectivity index (χ0) is 22.3. The van der Waals surface area contributed by atoms with Crippen molar-refractivity contribution in [3.05, 3.63) is 60.2 Å². The van der Waals surface area contributed by atoms with E-state index in [2.05, 4.69) is 10.6 Å². The van der Waals surface area contributed by atoms with Crippen molar-refractivity contribution in [1.82, 2.24) is 10.6 Å². The largest absolute Gasteiger partial charge is 0.357 e. The highest BCUT2D eigenvalue weighted by molar-refractivity contribution is 7.92. The lowest BCUT2D eigenvalue weighted by atomic mass is 10.0. The minimum absolute atomic E-state index is 0.0150. The summed E-state index contributed by atoms with van der Waals surface area (Å²) in [5.41, 5.74) is 0.726. The van der Waals surface area contributed by atoms with E-state index in [1.54, 1.807) is 31.2 Å². The second-order valence-corrected chi connectivity index (χ2v) is 9.17. The van der Waals surface area contributed by atoms with Crippen LogP contribution in [0.4, 0.5) is 5.69 Å². The molecule has 7 nitrogen and oxygen atoms in total. The maximum Gasteiger partial charge on any atom is 0.264 e. The molecule has 2 rings (SSSR count). The zero-order valence-corrected chi connectivity index (χ0v) is 18.6. The summed E-state index contributed by atoms with van der Waals surface area (Å²) in [5.74, 6) is -0.589. The van der Waals surface area contributed by atoms with E-state index < -0.39 is 22.0 Å². The topological polar surface area (TPSA) is 95.6 Å². The molecule has 2 amide bonds. The highest BCUT2D eigenvalue weighted by Crippen LogP contribution is 2.24. The molecular weight excluding hydrogens is 402 g/mol. The monoisotopic (exact) mass is 431 g/mol. The number of carbonyl (C=O) groups is 2. The van der Waals surface area contributed by atoms with Crippen LogP contribution >= 0.6 is 0 Å². The maximum atomic E-state index is 13.2. The minimum atomic E-state index is -3.85. The normalized spacial score (nSPS) is 12.3. The number of amides is 2. The first kappa shape index (κ1) is 23.4. The van der Waals surface area contributed by atoms with E-state index in [0.29, 0.717) is 12.1 Å². The molecule has 0 bridgehead atoms.